The van der Waals surface area contributed by atoms with E-state index in [1.54, 1.807) is 0 Å². The van der Waals surface area contributed by atoms with E-state index in [4.69, 9.17) is 14.2 Å². The van der Waals surface area contributed by atoms with Crippen LogP contribution in [-0.2, 0) is 28.6 Å². The highest BCUT2D eigenvalue weighted by Crippen LogP contribution is 2.17. The first-order chi connectivity index (χ1) is 35.5. The highest BCUT2D eigenvalue weighted by molar-refractivity contribution is 5.71. The molecule has 0 rings (SSSR count). The number of carbonyl (C=O) groups is 3. The normalized spacial score (nSPS) is 12.5. The summed E-state index contributed by atoms with van der Waals surface area (Å²) in [7, 11) is 0. The second-order valence-electron chi connectivity index (χ2n) is 20.6. The van der Waals surface area contributed by atoms with Gasteiger partial charge in [-0.15, -0.1) is 0 Å². The van der Waals surface area contributed by atoms with Crippen LogP contribution in [0.3, 0.4) is 0 Å². The quantitative estimate of drug-likeness (QED) is 0.0261. The van der Waals surface area contributed by atoms with Crippen molar-refractivity contribution in [3.63, 3.8) is 0 Å². The zero-order chi connectivity index (χ0) is 52.2. The Balaban J connectivity index is 4.21. The number of ether oxygens (including phenoxy) is 3. The van der Waals surface area contributed by atoms with Crippen LogP contribution in [0.1, 0.15) is 310 Å². The highest BCUT2D eigenvalue weighted by atomic mass is 16.6. The summed E-state index contributed by atoms with van der Waals surface area (Å²) < 4.78 is 16.9. The molecule has 0 aliphatic carbocycles. The zero-order valence-corrected chi connectivity index (χ0v) is 47.7. The third kappa shape index (κ3) is 57.7. The van der Waals surface area contributed by atoms with Crippen LogP contribution in [0.5, 0.6) is 0 Å². The van der Waals surface area contributed by atoms with Crippen LogP contribution >= 0.6 is 0 Å². The molecule has 6 heteroatoms. The van der Waals surface area contributed by atoms with Gasteiger partial charge in [-0.2, -0.15) is 0 Å². The Morgan fingerprint density at radius 1 is 0.292 bits per heavy atom. The maximum atomic E-state index is 12.9. The van der Waals surface area contributed by atoms with E-state index in [1.807, 2.05) is 0 Å². The van der Waals surface area contributed by atoms with Crippen molar-refractivity contribution in [1.29, 1.82) is 0 Å². The molecule has 0 heterocycles. The molecule has 1 atom stereocenters. The first kappa shape index (κ1) is 68.8. The number of carbonyl (C=O) groups excluding carboxylic acids is 3. The molecule has 0 radical (unpaired) electrons. The van der Waals surface area contributed by atoms with E-state index < -0.39 is 6.10 Å². The Morgan fingerprint density at radius 2 is 0.569 bits per heavy atom. The molecular formula is C66H116O6. The monoisotopic (exact) mass is 1000 g/mol. The average Bonchev–Trinajstić information content (AvgIpc) is 3.38. The molecule has 0 aliphatic heterocycles. The first-order valence-electron chi connectivity index (χ1n) is 30.9. The summed E-state index contributed by atoms with van der Waals surface area (Å²) in [5.74, 6) is -0.876. The van der Waals surface area contributed by atoms with E-state index in [2.05, 4.69) is 93.7 Å². The number of unbranched alkanes of at least 4 members (excludes halogenated alkanes) is 33. The minimum Gasteiger partial charge on any atom is -0.462 e. The molecule has 6 nitrogen and oxygen atoms in total. The van der Waals surface area contributed by atoms with E-state index in [1.165, 1.54) is 167 Å². The Labute approximate surface area is 446 Å². The fraction of sp³-hybridized carbons (Fsp3) is 0.773. The minimum atomic E-state index is -0.777. The van der Waals surface area contributed by atoms with Crippen LogP contribution in [0.25, 0.3) is 0 Å². The van der Waals surface area contributed by atoms with Gasteiger partial charge in [0.1, 0.15) is 13.2 Å². The molecule has 0 amide bonds. The van der Waals surface area contributed by atoms with E-state index >= 15 is 0 Å². The number of hydrogen-bond donors (Lipinski definition) is 0. The predicted octanol–water partition coefficient (Wildman–Crippen LogP) is 20.9. The lowest BCUT2D eigenvalue weighted by Crippen LogP contribution is -2.30. The van der Waals surface area contributed by atoms with Crippen LogP contribution in [0.15, 0.2) is 72.9 Å². The Morgan fingerprint density at radius 3 is 0.917 bits per heavy atom. The summed E-state index contributed by atoms with van der Waals surface area (Å²) in [5.41, 5.74) is 0. The molecule has 416 valence electrons. The van der Waals surface area contributed by atoms with Crippen molar-refractivity contribution >= 4 is 17.9 Å². The van der Waals surface area contributed by atoms with Crippen molar-refractivity contribution in [3.05, 3.63) is 72.9 Å². The van der Waals surface area contributed by atoms with E-state index in [0.29, 0.717) is 19.3 Å². The van der Waals surface area contributed by atoms with Gasteiger partial charge in [0.25, 0.3) is 0 Å². The van der Waals surface area contributed by atoms with Crippen LogP contribution in [0.4, 0.5) is 0 Å². The van der Waals surface area contributed by atoms with Crippen LogP contribution in [0.2, 0.25) is 0 Å². The largest absolute Gasteiger partial charge is 0.462 e. The van der Waals surface area contributed by atoms with Gasteiger partial charge in [-0.05, 0) is 83.5 Å². The van der Waals surface area contributed by atoms with Crippen LogP contribution in [-0.4, -0.2) is 37.2 Å². The second-order valence-corrected chi connectivity index (χ2v) is 20.6. The molecule has 0 aromatic heterocycles. The van der Waals surface area contributed by atoms with Crippen molar-refractivity contribution in [1.82, 2.24) is 0 Å². The molecule has 1 unspecified atom stereocenters. The predicted molar refractivity (Wildman–Crippen MR) is 311 cm³/mol. The summed E-state index contributed by atoms with van der Waals surface area (Å²) in [6.07, 6.45) is 77.7. The Hall–Kier alpha value is -3.15. The zero-order valence-electron chi connectivity index (χ0n) is 47.7. The van der Waals surface area contributed by atoms with Crippen molar-refractivity contribution in [2.45, 2.75) is 316 Å². The smallest absolute Gasteiger partial charge is 0.306 e. The fourth-order valence-corrected chi connectivity index (χ4v) is 8.83. The molecule has 0 N–H and O–H groups in total. The van der Waals surface area contributed by atoms with Crippen molar-refractivity contribution in [3.8, 4) is 0 Å². The lowest BCUT2D eigenvalue weighted by atomic mass is 10.0. The van der Waals surface area contributed by atoms with E-state index in [9.17, 15) is 14.4 Å². The average molecular weight is 1010 g/mol. The fourth-order valence-electron chi connectivity index (χ4n) is 8.83. The van der Waals surface area contributed by atoms with E-state index in [-0.39, 0.29) is 31.1 Å². The molecule has 0 spiro atoms. The number of allylic oxidation sites excluding steroid dienone is 12. The molecule has 72 heavy (non-hydrogen) atoms. The van der Waals surface area contributed by atoms with Gasteiger partial charge in [0.05, 0.1) is 0 Å². The van der Waals surface area contributed by atoms with Crippen LogP contribution < -0.4 is 0 Å². The number of esters is 3. The summed E-state index contributed by atoms with van der Waals surface area (Å²) in [6, 6.07) is 0. The molecule has 0 saturated heterocycles. The van der Waals surface area contributed by atoms with Gasteiger partial charge in [0.2, 0.25) is 0 Å². The molecule has 0 saturated carbocycles. The maximum Gasteiger partial charge on any atom is 0.306 e. The standard InChI is InChI=1S/C66H116O6/c1-4-7-10-13-16-19-22-24-26-28-29-30-31-32-33-34-35-36-37-39-40-42-44-47-50-53-56-59-65(68)71-62-63(61-70-64(67)58-55-52-49-46-21-18-15-12-9-6-3)72-66(69)60-57-54-51-48-45-43-41-38-27-25-23-20-17-14-11-8-5-2/h7,10,12,15-16,19,24,26,29-30,32-33,63H,4-6,8-9,11,13-14,17-18,20-23,25,27-28,31,34-62H2,1-3H3/b10-7-,15-12-,19-16-,26-24-,30-29-,33-32-. The topological polar surface area (TPSA) is 78.9 Å². The van der Waals surface area contributed by atoms with Crippen molar-refractivity contribution in [2.75, 3.05) is 13.2 Å². The maximum absolute atomic E-state index is 12.9. The summed E-state index contributed by atoms with van der Waals surface area (Å²) in [6.45, 7) is 6.49. The van der Waals surface area contributed by atoms with Gasteiger partial charge in [-0.25, -0.2) is 0 Å². The summed E-state index contributed by atoms with van der Waals surface area (Å²) in [5, 5.41) is 0. The summed E-state index contributed by atoms with van der Waals surface area (Å²) >= 11 is 0. The molecule has 0 fully saturated rings. The number of hydrogen-bond acceptors (Lipinski definition) is 6. The minimum absolute atomic E-state index is 0.0764. The SMILES string of the molecule is CC/C=C\C/C=C\C/C=C\C/C=C\C/C=C\CCCCCCCCCCCCCC(=O)OCC(COC(=O)CCCCCCC/C=C\CCC)OC(=O)CCCCCCCCCCCCCCCCCCC. The molecular weight excluding hydrogens is 889 g/mol. The molecule has 0 aromatic rings. The van der Waals surface area contributed by atoms with Gasteiger partial charge in [-0.1, -0.05) is 280 Å². The van der Waals surface area contributed by atoms with Crippen LogP contribution in [0, 0.1) is 0 Å². The van der Waals surface area contributed by atoms with Crippen molar-refractivity contribution in [2.24, 2.45) is 0 Å². The lowest BCUT2D eigenvalue weighted by Gasteiger charge is -2.18. The third-order valence-electron chi connectivity index (χ3n) is 13.4. The second kappa shape index (κ2) is 60.4. The number of rotatable bonds is 56. The summed E-state index contributed by atoms with van der Waals surface area (Å²) in [4.78, 5) is 38.2. The lowest BCUT2D eigenvalue weighted by molar-refractivity contribution is -0.167. The molecule has 0 aliphatic rings. The third-order valence-corrected chi connectivity index (χ3v) is 13.4. The Kier molecular flexibility index (Phi) is 57.8. The van der Waals surface area contributed by atoms with Gasteiger partial charge >= 0.3 is 17.9 Å². The van der Waals surface area contributed by atoms with Gasteiger partial charge in [-0.3, -0.25) is 14.4 Å². The highest BCUT2D eigenvalue weighted by Gasteiger charge is 2.19. The molecule has 0 aromatic carbocycles. The van der Waals surface area contributed by atoms with Gasteiger partial charge in [0.15, 0.2) is 6.10 Å². The van der Waals surface area contributed by atoms with Gasteiger partial charge < -0.3 is 14.2 Å². The molecule has 0 bridgehead atoms. The van der Waals surface area contributed by atoms with Crippen molar-refractivity contribution < 1.29 is 28.6 Å². The van der Waals surface area contributed by atoms with E-state index in [0.717, 1.165) is 103 Å². The van der Waals surface area contributed by atoms with Gasteiger partial charge in [0, 0.05) is 19.3 Å². The Bertz CT molecular complexity index is 1340. The first-order valence-corrected chi connectivity index (χ1v) is 30.9.